The molecule has 3 aromatic rings. The van der Waals surface area contributed by atoms with Crippen molar-refractivity contribution in [2.24, 2.45) is 0 Å². The summed E-state index contributed by atoms with van der Waals surface area (Å²) in [5, 5.41) is 3.18. The van der Waals surface area contributed by atoms with E-state index in [0.29, 0.717) is 27.9 Å². The number of carbonyl (C=O) groups is 1. The Labute approximate surface area is 173 Å². The van der Waals surface area contributed by atoms with Crippen molar-refractivity contribution in [3.63, 3.8) is 0 Å². The number of benzene rings is 2. The Morgan fingerprint density at radius 3 is 2.48 bits per heavy atom. The Hall–Kier alpha value is -3.25. The summed E-state index contributed by atoms with van der Waals surface area (Å²) in [6.07, 6.45) is 6.04. The van der Waals surface area contributed by atoms with Gasteiger partial charge in [-0.05, 0) is 42.8 Å². The smallest absolute Gasteiger partial charge is 0.217 e. The van der Waals surface area contributed by atoms with Crippen molar-refractivity contribution >= 4 is 23.6 Å². The van der Waals surface area contributed by atoms with Gasteiger partial charge in [-0.1, -0.05) is 35.9 Å². The lowest BCUT2D eigenvalue weighted by atomic mass is 10.1. The van der Waals surface area contributed by atoms with Gasteiger partial charge in [-0.15, -0.1) is 0 Å². The fourth-order valence-electron chi connectivity index (χ4n) is 2.58. The van der Waals surface area contributed by atoms with E-state index in [1.54, 1.807) is 18.2 Å². The molecule has 0 saturated heterocycles. The molecule has 0 spiro atoms. The quantitative estimate of drug-likeness (QED) is 0.600. The van der Waals surface area contributed by atoms with Crippen LogP contribution in [0.4, 0.5) is 4.39 Å². The summed E-state index contributed by atoms with van der Waals surface area (Å²) in [5.41, 5.74) is 1.64. The van der Waals surface area contributed by atoms with Crippen molar-refractivity contribution in [2.45, 2.75) is 19.9 Å². The number of rotatable bonds is 6. The fourth-order valence-corrected chi connectivity index (χ4v) is 2.80. The molecule has 0 aliphatic heterocycles. The lowest BCUT2D eigenvalue weighted by Crippen LogP contribution is -2.28. The van der Waals surface area contributed by atoms with Crippen molar-refractivity contribution in [3.8, 4) is 22.9 Å². The number of amides is 1. The van der Waals surface area contributed by atoms with E-state index >= 15 is 0 Å². The van der Waals surface area contributed by atoms with Crippen LogP contribution in [0, 0.1) is 5.82 Å². The van der Waals surface area contributed by atoms with E-state index < -0.39 is 5.82 Å². The second-order valence-corrected chi connectivity index (χ2v) is 6.80. The molecule has 0 bridgehead atoms. The first kappa shape index (κ1) is 20.5. The molecule has 0 unspecified atom stereocenters. The van der Waals surface area contributed by atoms with Gasteiger partial charge < -0.3 is 10.1 Å². The molecule has 5 nitrogen and oxygen atoms in total. The predicted octanol–water partition coefficient (Wildman–Crippen LogP) is 5.27. The zero-order chi connectivity index (χ0) is 20.8. The van der Waals surface area contributed by atoms with Crippen LogP contribution < -0.4 is 10.1 Å². The molecule has 1 atom stereocenters. The molecule has 0 radical (unpaired) electrons. The molecular weight excluding hydrogens is 393 g/mol. The lowest BCUT2D eigenvalue weighted by Gasteiger charge is -2.09. The number of nitrogens with zero attached hydrogens (tertiary/aromatic N) is 2. The van der Waals surface area contributed by atoms with Gasteiger partial charge in [0.05, 0.1) is 17.4 Å². The van der Waals surface area contributed by atoms with E-state index in [9.17, 15) is 9.18 Å². The van der Waals surface area contributed by atoms with Crippen LogP contribution in [0.3, 0.4) is 0 Å². The average molecular weight is 412 g/mol. The van der Waals surface area contributed by atoms with E-state index in [1.165, 1.54) is 6.92 Å². The zero-order valence-corrected chi connectivity index (χ0v) is 16.7. The molecule has 1 aromatic heterocycles. The Morgan fingerprint density at radius 1 is 1.17 bits per heavy atom. The van der Waals surface area contributed by atoms with E-state index in [4.69, 9.17) is 16.3 Å². The summed E-state index contributed by atoms with van der Waals surface area (Å²) in [5.74, 6) is 0.928. The number of hydrogen-bond acceptors (Lipinski definition) is 4. The number of halogens is 2. The number of nitrogens with one attached hydrogen (secondary N) is 1. The van der Waals surface area contributed by atoms with Crippen LogP contribution in [0.1, 0.15) is 19.4 Å². The van der Waals surface area contributed by atoms with E-state index in [0.717, 1.165) is 18.0 Å². The minimum atomic E-state index is -0.498. The third-order valence-electron chi connectivity index (χ3n) is 3.93. The van der Waals surface area contributed by atoms with Crippen molar-refractivity contribution in [1.29, 1.82) is 0 Å². The highest BCUT2D eigenvalue weighted by Crippen LogP contribution is 2.32. The molecule has 0 saturated carbocycles. The van der Waals surface area contributed by atoms with Crippen LogP contribution in [0.15, 0.2) is 60.9 Å². The van der Waals surface area contributed by atoms with Gasteiger partial charge in [-0.3, -0.25) is 4.79 Å². The van der Waals surface area contributed by atoms with Gasteiger partial charge >= 0.3 is 0 Å². The van der Waals surface area contributed by atoms with E-state index in [-0.39, 0.29) is 11.9 Å². The Kier molecular flexibility index (Phi) is 6.57. The van der Waals surface area contributed by atoms with Gasteiger partial charge in [-0.2, -0.15) is 0 Å². The van der Waals surface area contributed by atoms with Crippen molar-refractivity contribution in [3.05, 3.63) is 77.3 Å². The van der Waals surface area contributed by atoms with Gasteiger partial charge in [0, 0.05) is 18.5 Å². The highest BCUT2D eigenvalue weighted by Gasteiger charge is 2.08. The number of aromatic nitrogens is 2. The first-order chi connectivity index (χ1) is 13.9. The topological polar surface area (TPSA) is 64.1 Å². The van der Waals surface area contributed by atoms with Crippen LogP contribution in [-0.4, -0.2) is 21.9 Å². The molecule has 148 valence electrons. The SMILES string of the molecule is CC(=O)N[C@@H](C)/C=C/c1ccc(Oc2ccc(-c3ncc(F)cn3)cc2Cl)cc1. The van der Waals surface area contributed by atoms with Crippen molar-refractivity contribution < 1.29 is 13.9 Å². The second kappa shape index (κ2) is 9.30. The van der Waals surface area contributed by atoms with Crippen LogP contribution in [0.25, 0.3) is 17.5 Å². The molecular formula is C22H19ClFN3O2. The Balaban J connectivity index is 1.67. The molecule has 7 heteroatoms. The molecule has 1 N–H and O–H groups in total. The summed E-state index contributed by atoms with van der Waals surface area (Å²) in [4.78, 5) is 18.9. The summed E-state index contributed by atoms with van der Waals surface area (Å²) in [6.45, 7) is 3.39. The lowest BCUT2D eigenvalue weighted by molar-refractivity contribution is -0.119. The molecule has 1 heterocycles. The van der Waals surface area contributed by atoms with Gasteiger partial charge in [0.15, 0.2) is 11.6 Å². The van der Waals surface area contributed by atoms with Crippen molar-refractivity contribution in [2.75, 3.05) is 0 Å². The molecule has 2 aromatic carbocycles. The van der Waals surface area contributed by atoms with Crippen LogP contribution >= 0.6 is 11.6 Å². The molecule has 29 heavy (non-hydrogen) atoms. The normalized spacial score (nSPS) is 12.0. The highest BCUT2D eigenvalue weighted by molar-refractivity contribution is 6.32. The van der Waals surface area contributed by atoms with E-state index in [2.05, 4.69) is 15.3 Å². The summed E-state index contributed by atoms with van der Waals surface area (Å²) in [7, 11) is 0. The van der Waals surface area contributed by atoms with E-state index in [1.807, 2.05) is 43.3 Å². The van der Waals surface area contributed by atoms with Gasteiger partial charge in [0.1, 0.15) is 11.5 Å². The molecule has 1 amide bonds. The van der Waals surface area contributed by atoms with Crippen LogP contribution in [-0.2, 0) is 4.79 Å². The highest BCUT2D eigenvalue weighted by atomic mass is 35.5. The zero-order valence-electron chi connectivity index (χ0n) is 15.9. The Bertz CT molecular complexity index is 1020. The standard InChI is InChI=1S/C22H19ClFN3O2/c1-14(27-15(2)28)3-4-16-5-8-19(9-6-16)29-21-10-7-17(11-20(21)23)22-25-12-18(24)13-26-22/h3-14H,1-2H3,(H,27,28)/b4-3+/t14-/m0/s1. The van der Waals surface area contributed by atoms with Crippen LogP contribution in [0.2, 0.25) is 5.02 Å². The van der Waals surface area contributed by atoms with Crippen LogP contribution in [0.5, 0.6) is 11.5 Å². The van der Waals surface area contributed by atoms with Crippen molar-refractivity contribution in [1.82, 2.24) is 15.3 Å². The number of hydrogen-bond donors (Lipinski definition) is 1. The van der Waals surface area contributed by atoms with Gasteiger partial charge in [0.25, 0.3) is 0 Å². The maximum Gasteiger partial charge on any atom is 0.217 e. The molecule has 0 fully saturated rings. The second-order valence-electron chi connectivity index (χ2n) is 6.39. The maximum absolute atomic E-state index is 13.0. The first-order valence-corrected chi connectivity index (χ1v) is 9.29. The third kappa shape index (κ3) is 5.86. The monoisotopic (exact) mass is 411 g/mol. The van der Waals surface area contributed by atoms with Gasteiger partial charge in [0.2, 0.25) is 5.91 Å². The minimum Gasteiger partial charge on any atom is -0.456 e. The summed E-state index contributed by atoms with van der Waals surface area (Å²) in [6, 6.07) is 12.6. The number of carbonyl (C=O) groups excluding carboxylic acids is 1. The van der Waals surface area contributed by atoms with Gasteiger partial charge in [-0.25, -0.2) is 14.4 Å². The number of ether oxygens (including phenoxy) is 1. The third-order valence-corrected chi connectivity index (χ3v) is 4.22. The fraction of sp³-hybridized carbons (Fsp3) is 0.136. The minimum absolute atomic E-state index is 0.0502. The maximum atomic E-state index is 13.0. The largest absolute Gasteiger partial charge is 0.456 e. The first-order valence-electron chi connectivity index (χ1n) is 8.91. The predicted molar refractivity (Wildman–Crippen MR) is 111 cm³/mol. The Morgan fingerprint density at radius 2 is 1.86 bits per heavy atom. The summed E-state index contributed by atoms with van der Waals surface area (Å²) >= 11 is 6.32. The molecule has 3 rings (SSSR count). The molecule has 0 aliphatic rings. The average Bonchev–Trinajstić information content (AvgIpc) is 2.69. The summed E-state index contributed by atoms with van der Waals surface area (Å²) < 4.78 is 18.8. The molecule has 0 aliphatic carbocycles.